The zero-order chi connectivity index (χ0) is 16.2. The molecule has 118 valence electrons. The van der Waals surface area contributed by atoms with Crippen LogP contribution in [0.15, 0.2) is 47.5 Å². The van der Waals surface area contributed by atoms with Gasteiger partial charge in [0.1, 0.15) is 0 Å². The number of benzene rings is 1. The Hall–Kier alpha value is -2.15. The fourth-order valence-electron chi connectivity index (χ4n) is 2.05. The number of sulfone groups is 1. The van der Waals surface area contributed by atoms with Crippen LogP contribution in [0.2, 0.25) is 0 Å². The summed E-state index contributed by atoms with van der Waals surface area (Å²) in [5.41, 5.74) is 0.891. The van der Waals surface area contributed by atoms with Gasteiger partial charge in [-0.3, -0.25) is 9.48 Å². The van der Waals surface area contributed by atoms with Crippen molar-refractivity contribution in [3.63, 3.8) is 0 Å². The monoisotopic (exact) mass is 321 g/mol. The average molecular weight is 321 g/mol. The minimum atomic E-state index is -3.42. The van der Waals surface area contributed by atoms with Crippen LogP contribution in [0.25, 0.3) is 0 Å². The molecule has 0 radical (unpaired) electrons. The summed E-state index contributed by atoms with van der Waals surface area (Å²) in [6.07, 6.45) is 1.62. The van der Waals surface area contributed by atoms with E-state index in [9.17, 15) is 13.2 Å². The lowest BCUT2D eigenvalue weighted by Gasteiger charge is -2.17. The summed E-state index contributed by atoms with van der Waals surface area (Å²) in [6, 6.07) is 10.0. The van der Waals surface area contributed by atoms with Crippen LogP contribution in [0.3, 0.4) is 0 Å². The van der Waals surface area contributed by atoms with Gasteiger partial charge in [0.25, 0.3) is 0 Å². The van der Waals surface area contributed by atoms with Gasteiger partial charge in [-0.05, 0) is 18.2 Å². The predicted octanol–water partition coefficient (Wildman–Crippen LogP) is 1.24. The van der Waals surface area contributed by atoms with Crippen molar-refractivity contribution >= 4 is 15.7 Å². The van der Waals surface area contributed by atoms with E-state index in [0.29, 0.717) is 6.54 Å². The van der Waals surface area contributed by atoms with Gasteiger partial charge in [-0.1, -0.05) is 18.2 Å². The average Bonchev–Trinajstić information content (AvgIpc) is 2.91. The maximum atomic E-state index is 12.1. The molecule has 6 nitrogen and oxygen atoms in total. The minimum absolute atomic E-state index is 0.0361. The molecule has 2 rings (SSSR count). The van der Waals surface area contributed by atoms with Crippen LogP contribution in [-0.2, 0) is 28.2 Å². The van der Waals surface area contributed by atoms with Crippen LogP contribution in [0, 0.1) is 0 Å². The number of aromatic nitrogens is 2. The molecule has 1 amide bonds. The summed E-state index contributed by atoms with van der Waals surface area (Å²) in [5, 5.41) is 4.04. The molecule has 0 spiro atoms. The molecule has 22 heavy (non-hydrogen) atoms. The SMILES string of the molecule is CN(Cc1ccnn1C)C(=O)CCS(=O)(=O)c1ccccc1. The maximum absolute atomic E-state index is 12.1. The topological polar surface area (TPSA) is 72.3 Å². The number of hydrogen-bond acceptors (Lipinski definition) is 4. The van der Waals surface area contributed by atoms with Gasteiger partial charge in [0.2, 0.25) is 5.91 Å². The highest BCUT2D eigenvalue weighted by Crippen LogP contribution is 2.12. The summed E-state index contributed by atoms with van der Waals surface area (Å²) < 4.78 is 26.0. The van der Waals surface area contributed by atoms with Crippen LogP contribution < -0.4 is 0 Å². The van der Waals surface area contributed by atoms with Crippen molar-refractivity contribution in [3.8, 4) is 0 Å². The lowest BCUT2D eigenvalue weighted by atomic mass is 10.3. The number of rotatable bonds is 6. The molecule has 0 unspecified atom stereocenters. The highest BCUT2D eigenvalue weighted by molar-refractivity contribution is 7.91. The Morgan fingerprint density at radius 1 is 1.23 bits per heavy atom. The summed E-state index contributed by atoms with van der Waals surface area (Å²) >= 11 is 0. The number of carbonyl (C=O) groups is 1. The Bertz CT molecular complexity index is 738. The molecule has 0 saturated carbocycles. The van der Waals surface area contributed by atoms with Gasteiger partial charge in [0.05, 0.1) is 22.9 Å². The highest BCUT2D eigenvalue weighted by atomic mass is 32.2. The second-order valence-corrected chi connectivity index (χ2v) is 7.19. The van der Waals surface area contributed by atoms with Gasteiger partial charge >= 0.3 is 0 Å². The number of carbonyl (C=O) groups excluding carboxylic acids is 1. The zero-order valence-corrected chi connectivity index (χ0v) is 13.5. The van der Waals surface area contributed by atoms with E-state index < -0.39 is 9.84 Å². The number of hydrogen-bond donors (Lipinski definition) is 0. The molecule has 1 aromatic carbocycles. The Kier molecular flexibility index (Phi) is 4.97. The zero-order valence-electron chi connectivity index (χ0n) is 12.6. The van der Waals surface area contributed by atoms with Crippen LogP contribution in [-0.4, -0.2) is 41.8 Å². The molecule has 7 heteroatoms. The summed E-state index contributed by atoms with van der Waals surface area (Å²) in [4.78, 5) is 13.8. The van der Waals surface area contributed by atoms with Crippen molar-refractivity contribution < 1.29 is 13.2 Å². The van der Waals surface area contributed by atoms with Crippen LogP contribution in [0.4, 0.5) is 0 Å². The van der Waals surface area contributed by atoms with Crippen molar-refractivity contribution in [2.45, 2.75) is 17.9 Å². The lowest BCUT2D eigenvalue weighted by molar-refractivity contribution is -0.130. The number of nitrogens with zero attached hydrogens (tertiary/aromatic N) is 3. The van der Waals surface area contributed by atoms with E-state index in [1.165, 1.54) is 4.90 Å². The molecule has 1 heterocycles. The standard InChI is InChI=1S/C15H19N3O3S/c1-17(12-13-8-10-16-18(13)2)15(19)9-11-22(20,21)14-6-4-3-5-7-14/h3-8,10H,9,11-12H2,1-2H3. The molecule has 0 saturated heterocycles. The Morgan fingerprint density at radius 3 is 2.50 bits per heavy atom. The molecule has 0 aliphatic rings. The normalized spacial score (nSPS) is 11.4. The molecule has 2 aromatic rings. The van der Waals surface area contributed by atoms with Gasteiger partial charge in [-0.25, -0.2) is 8.42 Å². The molecule has 1 aromatic heterocycles. The fourth-order valence-corrected chi connectivity index (χ4v) is 3.30. The molecule has 0 atom stereocenters. The van der Waals surface area contributed by atoms with E-state index in [2.05, 4.69) is 5.10 Å². The molecule has 0 aliphatic heterocycles. The first kappa shape index (κ1) is 16.2. The van der Waals surface area contributed by atoms with Crippen molar-refractivity contribution in [2.24, 2.45) is 7.05 Å². The quantitative estimate of drug-likeness (QED) is 0.802. The number of amides is 1. The minimum Gasteiger partial charge on any atom is -0.340 e. The number of aryl methyl sites for hydroxylation is 1. The third kappa shape index (κ3) is 3.94. The van der Waals surface area contributed by atoms with E-state index in [-0.39, 0.29) is 23.0 Å². The van der Waals surface area contributed by atoms with Gasteiger partial charge in [-0.15, -0.1) is 0 Å². The second kappa shape index (κ2) is 6.74. The van der Waals surface area contributed by atoms with Crippen LogP contribution in [0.1, 0.15) is 12.1 Å². The fraction of sp³-hybridized carbons (Fsp3) is 0.333. The van der Waals surface area contributed by atoms with E-state index in [0.717, 1.165) is 5.69 Å². The Labute approximate surface area is 130 Å². The highest BCUT2D eigenvalue weighted by Gasteiger charge is 2.18. The lowest BCUT2D eigenvalue weighted by Crippen LogP contribution is -2.28. The predicted molar refractivity (Wildman–Crippen MR) is 82.8 cm³/mol. The van der Waals surface area contributed by atoms with Crippen LogP contribution >= 0.6 is 0 Å². The third-order valence-electron chi connectivity index (χ3n) is 3.43. The van der Waals surface area contributed by atoms with Crippen molar-refractivity contribution in [2.75, 3.05) is 12.8 Å². The van der Waals surface area contributed by atoms with E-state index in [4.69, 9.17) is 0 Å². The maximum Gasteiger partial charge on any atom is 0.223 e. The van der Waals surface area contributed by atoms with E-state index >= 15 is 0 Å². The first-order valence-corrected chi connectivity index (χ1v) is 8.54. The Balaban J connectivity index is 1.94. The second-order valence-electron chi connectivity index (χ2n) is 5.08. The summed E-state index contributed by atoms with van der Waals surface area (Å²) in [7, 11) is 0.0322. The molecular weight excluding hydrogens is 302 g/mol. The van der Waals surface area contributed by atoms with Crippen LogP contribution in [0.5, 0.6) is 0 Å². The summed E-state index contributed by atoms with van der Waals surface area (Å²) in [5.74, 6) is -0.397. The molecule has 0 fully saturated rings. The molecular formula is C15H19N3O3S. The smallest absolute Gasteiger partial charge is 0.223 e. The Morgan fingerprint density at radius 2 is 1.91 bits per heavy atom. The van der Waals surface area contributed by atoms with Crippen molar-refractivity contribution in [3.05, 3.63) is 48.3 Å². The third-order valence-corrected chi connectivity index (χ3v) is 5.17. The first-order chi connectivity index (χ1) is 10.4. The van der Waals surface area contributed by atoms with E-state index in [1.807, 2.05) is 6.07 Å². The largest absolute Gasteiger partial charge is 0.340 e. The van der Waals surface area contributed by atoms with Gasteiger partial charge < -0.3 is 4.90 Å². The van der Waals surface area contributed by atoms with E-state index in [1.54, 1.807) is 55.3 Å². The molecule has 0 aliphatic carbocycles. The van der Waals surface area contributed by atoms with Gasteiger partial charge in [-0.2, -0.15) is 5.10 Å². The summed E-state index contributed by atoms with van der Waals surface area (Å²) in [6.45, 7) is 0.403. The first-order valence-electron chi connectivity index (χ1n) is 6.89. The van der Waals surface area contributed by atoms with Crippen molar-refractivity contribution in [1.82, 2.24) is 14.7 Å². The van der Waals surface area contributed by atoms with Crippen molar-refractivity contribution in [1.29, 1.82) is 0 Å². The molecule has 0 N–H and O–H groups in total. The van der Waals surface area contributed by atoms with Gasteiger partial charge in [0.15, 0.2) is 9.84 Å². The van der Waals surface area contributed by atoms with Gasteiger partial charge in [0, 0.05) is 26.7 Å². The molecule has 0 bridgehead atoms.